The van der Waals surface area contributed by atoms with Gasteiger partial charge >= 0.3 is 0 Å². The van der Waals surface area contributed by atoms with Gasteiger partial charge in [0.15, 0.2) is 0 Å². The molecule has 9 heteroatoms. The number of carbonyl (C=O) groups is 1. The van der Waals surface area contributed by atoms with Crippen LogP contribution in [0.5, 0.6) is 5.75 Å². The molecule has 6 rings (SSSR count). The molecule has 2 saturated heterocycles. The molecule has 0 radical (unpaired) electrons. The first-order chi connectivity index (χ1) is 17.6. The molecule has 0 N–H and O–H groups in total. The van der Waals surface area contributed by atoms with E-state index in [4.69, 9.17) is 4.74 Å². The van der Waals surface area contributed by atoms with Gasteiger partial charge in [0.2, 0.25) is 5.95 Å². The zero-order chi connectivity index (χ0) is 24.6. The maximum atomic E-state index is 13.5. The lowest BCUT2D eigenvalue weighted by molar-refractivity contribution is 0.0782. The van der Waals surface area contributed by atoms with Crippen molar-refractivity contribution in [2.24, 2.45) is 11.8 Å². The molecule has 2 unspecified atom stereocenters. The van der Waals surface area contributed by atoms with Crippen molar-refractivity contribution in [3.8, 4) is 22.6 Å². The second-order valence-corrected chi connectivity index (χ2v) is 9.47. The molecule has 0 spiro atoms. The Morgan fingerprint density at radius 1 is 0.889 bits per heavy atom. The van der Waals surface area contributed by atoms with E-state index in [0.29, 0.717) is 23.1 Å². The minimum atomic E-state index is 0.0343. The molecular weight excluding hydrogens is 454 g/mol. The first-order valence-corrected chi connectivity index (χ1v) is 12.1. The molecule has 9 nitrogen and oxygen atoms in total. The van der Waals surface area contributed by atoms with E-state index in [1.54, 1.807) is 19.5 Å². The molecule has 0 aliphatic carbocycles. The quantitative estimate of drug-likeness (QED) is 0.432. The number of anilines is 1. The van der Waals surface area contributed by atoms with Crippen molar-refractivity contribution in [1.29, 1.82) is 0 Å². The summed E-state index contributed by atoms with van der Waals surface area (Å²) in [7, 11) is 1.66. The van der Waals surface area contributed by atoms with E-state index in [1.807, 2.05) is 66.7 Å². The van der Waals surface area contributed by atoms with Gasteiger partial charge in [0.25, 0.3) is 5.91 Å². The van der Waals surface area contributed by atoms with E-state index in [-0.39, 0.29) is 5.91 Å². The van der Waals surface area contributed by atoms with Crippen LogP contribution in [0, 0.1) is 18.8 Å². The van der Waals surface area contributed by atoms with Crippen LogP contribution in [-0.4, -0.2) is 69.1 Å². The molecule has 2 fully saturated rings. The number of benzene rings is 2. The third-order valence-electron chi connectivity index (χ3n) is 7.13. The Bertz CT molecular complexity index is 1360. The number of rotatable bonds is 5. The van der Waals surface area contributed by atoms with Gasteiger partial charge in [-0.15, -0.1) is 0 Å². The highest BCUT2D eigenvalue weighted by atomic mass is 16.5. The maximum Gasteiger partial charge on any atom is 0.256 e. The highest BCUT2D eigenvalue weighted by molar-refractivity contribution is 5.98. The van der Waals surface area contributed by atoms with Crippen LogP contribution < -0.4 is 9.64 Å². The Morgan fingerprint density at radius 2 is 1.56 bits per heavy atom. The first-order valence-electron chi connectivity index (χ1n) is 12.1. The number of amides is 1. The molecular formula is C27H27N7O2. The van der Waals surface area contributed by atoms with Gasteiger partial charge in [-0.3, -0.25) is 4.79 Å². The highest BCUT2D eigenvalue weighted by Crippen LogP contribution is 2.34. The fourth-order valence-corrected chi connectivity index (χ4v) is 5.25. The van der Waals surface area contributed by atoms with E-state index in [0.717, 1.165) is 54.6 Å². The summed E-state index contributed by atoms with van der Waals surface area (Å²) >= 11 is 0. The van der Waals surface area contributed by atoms with Crippen LogP contribution in [0.3, 0.4) is 0 Å². The number of hydrogen-bond donors (Lipinski definition) is 0. The lowest BCUT2D eigenvalue weighted by atomic mass is 10.0. The van der Waals surface area contributed by atoms with Crippen molar-refractivity contribution in [3.63, 3.8) is 0 Å². The van der Waals surface area contributed by atoms with Crippen LogP contribution in [0.25, 0.3) is 16.8 Å². The van der Waals surface area contributed by atoms with Crippen LogP contribution in [0.4, 0.5) is 5.95 Å². The highest BCUT2D eigenvalue weighted by Gasteiger charge is 2.42. The lowest BCUT2D eigenvalue weighted by Gasteiger charge is -2.22. The van der Waals surface area contributed by atoms with Gasteiger partial charge in [0.05, 0.1) is 30.8 Å². The Kier molecular flexibility index (Phi) is 5.59. The number of aryl methyl sites for hydroxylation is 1. The van der Waals surface area contributed by atoms with Crippen molar-refractivity contribution < 1.29 is 9.53 Å². The Morgan fingerprint density at radius 3 is 2.19 bits per heavy atom. The number of nitrogens with zero attached hydrogens (tertiary/aromatic N) is 7. The number of aromatic nitrogens is 5. The molecule has 4 aromatic rings. The van der Waals surface area contributed by atoms with Gasteiger partial charge in [0, 0.05) is 56.0 Å². The summed E-state index contributed by atoms with van der Waals surface area (Å²) in [6, 6.07) is 13.7. The molecule has 0 bridgehead atoms. The van der Waals surface area contributed by atoms with Crippen molar-refractivity contribution in [1.82, 2.24) is 29.9 Å². The molecule has 2 aliphatic heterocycles. The monoisotopic (exact) mass is 481 g/mol. The average Bonchev–Trinajstić information content (AvgIpc) is 3.66. The average molecular weight is 482 g/mol. The summed E-state index contributed by atoms with van der Waals surface area (Å²) in [6.07, 6.45) is 6.98. The summed E-state index contributed by atoms with van der Waals surface area (Å²) < 4.78 is 5.23. The van der Waals surface area contributed by atoms with E-state index in [9.17, 15) is 4.79 Å². The van der Waals surface area contributed by atoms with E-state index in [1.165, 1.54) is 4.80 Å². The Hall–Kier alpha value is -4.27. The van der Waals surface area contributed by atoms with Crippen LogP contribution in [0.15, 0.2) is 67.3 Å². The topological polar surface area (TPSA) is 89.3 Å². The second-order valence-electron chi connectivity index (χ2n) is 9.47. The van der Waals surface area contributed by atoms with Gasteiger partial charge < -0.3 is 14.5 Å². The number of hydrogen-bond acceptors (Lipinski definition) is 7. The SMILES string of the molecule is COc1ccc(-c2cnc(N3CC4CN(C(=O)c5cc(C)ccc5-n5nccn5)CC4C3)nc2)cc1. The fourth-order valence-electron chi connectivity index (χ4n) is 5.25. The smallest absolute Gasteiger partial charge is 0.256 e. The Labute approximate surface area is 209 Å². The van der Waals surface area contributed by atoms with Crippen molar-refractivity contribution in [2.45, 2.75) is 6.92 Å². The van der Waals surface area contributed by atoms with E-state index < -0.39 is 0 Å². The normalized spacial score (nSPS) is 18.9. The minimum Gasteiger partial charge on any atom is -0.497 e. The summed E-state index contributed by atoms with van der Waals surface area (Å²) in [5.41, 5.74) is 4.41. The van der Waals surface area contributed by atoms with E-state index in [2.05, 4.69) is 25.1 Å². The van der Waals surface area contributed by atoms with Gasteiger partial charge in [-0.2, -0.15) is 15.0 Å². The minimum absolute atomic E-state index is 0.0343. The molecule has 182 valence electrons. The number of ether oxygens (including phenoxy) is 1. The van der Waals surface area contributed by atoms with E-state index >= 15 is 0 Å². The lowest BCUT2D eigenvalue weighted by Crippen LogP contribution is -2.34. The summed E-state index contributed by atoms with van der Waals surface area (Å²) in [4.78, 5) is 28.5. The molecule has 2 aromatic carbocycles. The maximum absolute atomic E-state index is 13.5. The largest absolute Gasteiger partial charge is 0.497 e. The summed E-state index contributed by atoms with van der Waals surface area (Å²) in [5, 5.41) is 8.46. The third-order valence-corrected chi connectivity index (χ3v) is 7.13. The molecule has 2 atom stereocenters. The Balaban J connectivity index is 1.13. The molecule has 2 aromatic heterocycles. The van der Waals surface area contributed by atoms with Crippen molar-refractivity contribution in [3.05, 3.63) is 78.4 Å². The van der Waals surface area contributed by atoms with Gasteiger partial charge in [0.1, 0.15) is 5.75 Å². The number of carbonyl (C=O) groups excluding carboxylic acids is 1. The zero-order valence-electron chi connectivity index (χ0n) is 20.3. The van der Waals surface area contributed by atoms with Crippen LogP contribution in [0.1, 0.15) is 15.9 Å². The van der Waals surface area contributed by atoms with Gasteiger partial charge in [-0.25, -0.2) is 9.97 Å². The number of likely N-dealkylation sites (tertiary alicyclic amines) is 1. The predicted octanol–water partition coefficient (Wildman–Crippen LogP) is 3.25. The predicted molar refractivity (Wildman–Crippen MR) is 135 cm³/mol. The fraction of sp³-hybridized carbons (Fsp3) is 0.296. The molecule has 36 heavy (non-hydrogen) atoms. The van der Waals surface area contributed by atoms with Crippen molar-refractivity contribution in [2.75, 3.05) is 38.2 Å². The van der Waals surface area contributed by atoms with Gasteiger partial charge in [-0.1, -0.05) is 23.8 Å². The number of fused-ring (bicyclic) bond motifs is 1. The molecule has 4 heterocycles. The molecule has 1 amide bonds. The van der Waals surface area contributed by atoms with Crippen LogP contribution in [0.2, 0.25) is 0 Å². The van der Waals surface area contributed by atoms with Crippen LogP contribution in [-0.2, 0) is 0 Å². The molecule has 0 saturated carbocycles. The summed E-state index contributed by atoms with van der Waals surface area (Å²) in [6.45, 7) is 5.14. The van der Waals surface area contributed by atoms with Gasteiger partial charge in [-0.05, 0) is 36.8 Å². The van der Waals surface area contributed by atoms with Crippen LogP contribution >= 0.6 is 0 Å². The third kappa shape index (κ3) is 4.06. The second kappa shape index (κ2) is 9.07. The van der Waals surface area contributed by atoms with Crippen molar-refractivity contribution >= 4 is 11.9 Å². The first kappa shape index (κ1) is 22.2. The zero-order valence-corrected chi connectivity index (χ0v) is 20.3. The molecule has 2 aliphatic rings. The summed E-state index contributed by atoms with van der Waals surface area (Å²) in [5.74, 6) is 2.39. The standard InChI is InChI=1S/C27H27N7O2/c1-18-3-8-25(34-30-9-10-31-34)24(11-18)26(35)32-14-21-16-33(17-22(21)15-32)27-28-12-20(13-29-27)19-4-6-23(36-2)7-5-19/h3-13,21-22H,14-17H2,1-2H3. The number of methoxy groups -OCH3 is 1.